The van der Waals surface area contributed by atoms with Gasteiger partial charge in [0.1, 0.15) is 6.04 Å². The predicted octanol–water partition coefficient (Wildman–Crippen LogP) is 4.60. The van der Waals surface area contributed by atoms with Crippen LogP contribution in [0, 0.1) is 0 Å². The Hall–Kier alpha value is -4.78. The second-order valence-electron chi connectivity index (χ2n) is 11.5. The van der Waals surface area contributed by atoms with E-state index in [9.17, 15) is 22.8 Å². The molecule has 4 rings (SSSR count). The van der Waals surface area contributed by atoms with E-state index in [1.807, 2.05) is 0 Å². The number of carbonyl (C=O) groups is 3. The SMILES string of the molecule is COc1ccc([C@H](Nc2cccc(C(N)=O)c2)C(=O)N2CCCC2c2cc(NC(=O)N(C)C)ccc2S(=O)(=O)C(C)C)cc1OC. The number of methoxy groups -OCH3 is 2. The Kier molecular flexibility index (Phi) is 10.5. The van der Waals surface area contributed by atoms with Gasteiger partial charge in [0.05, 0.1) is 30.4 Å². The number of primary amides is 1. The van der Waals surface area contributed by atoms with E-state index in [0.717, 1.165) is 0 Å². The number of urea groups is 1. The molecule has 13 heteroatoms. The van der Waals surface area contributed by atoms with Crippen molar-refractivity contribution >= 4 is 39.1 Å². The van der Waals surface area contributed by atoms with Crippen molar-refractivity contribution in [2.24, 2.45) is 5.73 Å². The molecule has 12 nitrogen and oxygen atoms in total. The lowest BCUT2D eigenvalue weighted by Gasteiger charge is -2.32. The number of carbonyl (C=O) groups excluding carboxylic acids is 3. The maximum atomic E-state index is 14.6. The first-order chi connectivity index (χ1) is 21.8. The average Bonchev–Trinajstić information content (AvgIpc) is 3.53. The van der Waals surface area contributed by atoms with Crippen molar-refractivity contribution in [3.63, 3.8) is 0 Å². The van der Waals surface area contributed by atoms with Crippen molar-refractivity contribution in [2.45, 2.75) is 48.9 Å². The monoisotopic (exact) mass is 651 g/mol. The molecule has 0 aliphatic carbocycles. The molecule has 3 aromatic rings. The topological polar surface area (TPSA) is 160 Å². The van der Waals surface area contributed by atoms with Crippen molar-refractivity contribution in [1.82, 2.24) is 9.80 Å². The Morgan fingerprint density at radius 3 is 2.30 bits per heavy atom. The van der Waals surface area contributed by atoms with Gasteiger partial charge in [-0.3, -0.25) is 9.59 Å². The van der Waals surface area contributed by atoms with Gasteiger partial charge in [0.25, 0.3) is 0 Å². The molecule has 2 atom stereocenters. The number of benzene rings is 3. The molecule has 0 bridgehead atoms. The van der Waals surface area contributed by atoms with Crippen molar-refractivity contribution in [3.05, 3.63) is 77.4 Å². The van der Waals surface area contributed by atoms with Crippen LogP contribution < -0.4 is 25.8 Å². The summed E-state index contributed by atoms with van der Waals surface area (Å²) in [5.41, 5.74) is 7.66. The van der Waals surface area contributed by atoms with Crippen molar-refractivity contribution in [2.75, 3.05) is 45.5 Å². The van der Waals surface area contributed by atoms with Crippen LogP contribution in [0.3, 0.4) is 0 Å². The third kappa shape index (κ3) is 7.20. The van der Waals surface area contributed by atoms with Crippen LogP contribution >= 0.6 is 0 Å². The summed E-state index contributed by atoms with van der Waals surface area (Å²) in [5.74, 6) is -0.0438. The number of nitrogens with two attached hydrogens (primary N) is 1. The maximum Gasteiger partial charge on any atom is 0.321 e. The number of ether oxygens (including phenoxy) is 2. The maximum absolute atomic E-state index is 14.6. The van der Waals surface area contributed by atoms with Gasteiger partial charge < -0.3 is 35.6 Å². The first-order valence-corrected chi connectivity index (χ1v) is 16.4. The fourth-order valence-electron chi connectivity index (χ4n) is 5.40. The highest BCUT2D eigenvalue weighted by atomic mass is 32.2. The van der Waals surface area contributed by atoms with Crippen LogP contribution in [-0.2, 0) is 14.6 Å². The average molecular weight is 652 g/mol. The molecule has 246 valence electrons. The number of sulfone groups is 1. The molecule has 1 saturated heterocycles. The Balaban J connectivity index is 1.82. The summed E-state index contributed by atoms with van der Waals surface area (Å²) in [6.45, 7) is 3.58. The molecule has 1 aliphatic rings. The summed E-state index contributed by atoms with van der Waals surface area (Å²) < 4.78 is 38.1. The summed E-state index contributed by atoms with van der Waals surface area (Å²) in [5, 5.41) is 5.34. The second-order valence-corrected chi connectivity index (χ2v) is 14.0. The summed E-state index contributed by atoms with van der Waals surface area (Å²) in [6, 6.07) is 14.4. The van der Waals surface area contributed by atoms with Crippen molar-refractivity contribution in [1.29, 1.82) is 0 Å². The minimum atomic E-state index is -3.76. The number of hydrogen-bond acceptors (Lipinski definition) is 8. The van der Waals surface area contributed by atoms with Gasteiger partial charge in [-0.2, -0.15) is 0 Å². The van der Waals surface area contributed by atoms with Crippen molar-refractivity contribution < 1.29 is 32.3 Å². The molecule has 0 aromatic heterocycles. The Morgan fingerprint density at radius 2 is 1.67 bits per heavy atom. The summed E-state index contributed by atoms with van der Waals surface area (Å²) >= 11 is 0. The predicted molar refractivity (Wildman–Crippen MR) is 176 cm³/mol. The lowest BCUT2D eigenvalue weighted by molar-refractivity contribution is -0.133. The first-order valence-electron chi connectivity index (χ1n) is 14.8. The van der Waals surface area contributed by atoms with Gasteiger partial charge in [0.2, 0.25) is 11.8 Å². The van der Waals surface area contributed by atoms with Gasteiger partial charge in [-0.15, -0.1) is 0 Å². The number of nitrogens with one attached hydrogen (secondary N) is 2. The van der Waals surface area contributed by atoms with Crippen LogP contribution in [0.15, 0.2) is 65.6 Å². The molecular weight excluding hydrogens is 610 g/mol. The van der Waals surface area contributed by atoms with Crippen LogP contribution in [0.25, 0.3) is 0 Å². The first kappa shape index (κ1) is 34.1. The highest BCUT2D eigenvalue weighted by molar-refractivity contribution is 7.92. The number of nitrogens with zero attached hydrogens (tertiary/aromatic N) is 2. The van der Waals surface area contributed by atoms with Crippen LogP contribution in [0.4, 0.5) is 16.2 Å². The van der Waals surface area contributed by atoms with Crippen molar-refractivity contribution in [3.8, 4) is 11.5 Å². The zero-order valence-corrected chi connectivity index (χ0v) is 27.7. The van der Waals surface area contributed by atoms with Gasteiger partial charge >= 0.3 is 6.03 Å². The fraction of sp³-hybridized carbons (Fsp3) is 0.364. The molecular formula is C33H41N5O7S. The van der Waals surface area contributed by atoms with Crippen LogP contribution in [0.5, 0.6) is 11.5 Å². The normalized spacial score (nSPS) is 15.3. The van der Waals surface area contributed by atoms with E-state index in [0.29, 0.717) is 53.4 Å². The quantitative estimate of drug-likeness (QED) is 0.271. The smallest absolute Gasteiger partial charge is 0.321 e. The zero-order valence-electron chi connectivity index (χ0n) is 26.9. The molecule has 3 aromatic carbocycles. The van der Waals surface area contributed by atoms with Gasteiger partial charge in [0, 0.05) is 37.6 Å². The standard InChI is InChI=1S/C33H41N5O7S/c1-20(2)46(42,43)29-15-13-24(36-33(41)37(3)4)19-25(29)26-11-8-16-38(26)32(40)30(21-12-14-27(44-5)28(18-21)45-6)35-23-10-7-9-22(17-23)31(34)39/h7,9-10,12-15,17-20,26,30,35H,8,11,16H2,1-6H3,(H2,34,39)(H,36,41)/t26?,30-/m0/s1. The van der Waals surface area contributed by atoms with E-state index < -0.39 is 33.1 Å². The lowest BCUT2D eigenvalue weighted by Crippen LogP contribution is -2.38. The molecule has 4 amide bonds. The summed E-state index contributed by atoms with van der Waals surface area (Å²) in [7, 11) is 2.46. The minimum absolute atomic E-state index is 0.111. The number of likely N-dealkylation sites (tertiary alicyclic amines) is 1. The summed E-state index contributed by atoms with van der Waals surface area (Å²) in [4.78, 5) is 42.2. The fourth-order valence-corrected chi connectivity index (χ4v) is 6.69. The third-order valence-corrected chi connectivity index (χ3v) is 10.2. The summed E-state index contributed by atoms with van der Waals surface area (Å²) in [6.07, 6.45) is 1.13. The van der Waals surface area contributed by atoms with Gasteiger partial charge in [-0.05, 0) is 86.3 Å². The lowest BCUT2D eigenvalue weighted by atomic mass is 10.0. The molecule has 4 N–H and O–H groups in total. The van der Waals surface area contributed by atoms with E-state index in [-0.39, 0.29) is 22.4 Å². The molecule has 0 saturated carbocycles. The van der Waals surface area contributed by atoms with Gasteiger partial charge in [-0.25, -0.2) is 13.2 Å². The third-order valence-electron chi connectivity index (χ3n) is 7.94. The molecule has 1 unspecified atom stereocenters. The molecule has 0 radical (unpaired) electrons. The molecule has 0 spiro atoms. The molecule has 1 aliphatic heterocycles. The zero-order chi connectivity index (χ0) is 33.8. The number of amides is 4. The van der Waals surface area contributed by atoms with E-state index in [4.69, 9.17) is 15.2 Å². The molecule has 1 heterocycles. The van der Waals surface area contributed by atoms with Gasteiger partial charge in [-0.1, -0.05) is 12.1 Å². The number of hydrogen-bond donors (Lipinski definition) is 3. The largest absolute Gasteiger partial charge is 0.493 e. The van der Waals surface area contributed by atoms with Crippen LogP contribution in [-0.4, -0.2) is 76.2 Å². The highest BCUT2D eigenvalue weighted by Crippen LogP contribution is 2.41. The number of rotatable bonds is 11. The number of anilines is 2. The minimum Gasteiger partial charge on any atom is -0.493 e. The van der Waals surface area contributed by atoms with E-state index >= 15 is 0 Å². The van der Waals surface area contributed by atoms with Crippen LogP contribution in [0.1, 0.15) is 60.3 Å². The Bertz CT molecular complexity index is 1720. The van der Waals surface area contributed by atoms with E-state index in [1.165, 1.54) is 25.2 Å². The Morgan fingerprint density at radius 1 is 0.957 bits per heavy atom. The molecule has 46 heavy (non-hydrogen) atoms. The van der Waals surface area contributed by atoms with Gasteiger partial charge in [0.15, 0.2) is 21.3 Å². The molecule has 1 fully saturated rings. The second kappa shape index (κ2) is 14.1. The highest BCUT2D eigenvalue weighted by Gasteiger charge is 2.38. The van der Waals surface area contributed by atoms with E-state index in [2.05, 4.69) is 10.6 Å². The van der Waals surface area contributed by atoms with E-state index in [1.54, 1.807) is 87.4 Å². The Labute approximate surface area is 269 Å². The van der Waals surface area contributed by atoms with Crippen LogP contribution in [0.2, 0.25) is 0 Å².